The minimum Gasteiger partial charge on any atom is -0.394 e. The molecule has 0 aromatic carbocycles. The predicted molar refractivity (Wildman–Crippen MR) is 37.1 cm³/mol. The SMILES string of the molecule is NC(=O)c1ccnc(F)c1N. The molecule has 0 atom stereocenters. The molecular formula is C6H6FN3O. The second kappa shape index (κ2) is 2.53. The lowest BCUT2D eigenvalue weighted by molar-refractivity contribution is 0.100. The summed E-state index contributed by atoms with van der Waals surface area (Å²) >= 11 is 0. The standard InChI is InChI=1S/C6H6FN3O/c7-5-4(8)3(6(9)11)1-2-10-5/h1-2H,8H2,(H2,9,11). The van der Waals surface area contributed by atoms with Crippen LogP contribution >= 0.6 is 0 Å². The Bertz CT molecular complexity index is 300. The summed E-state index contributed by atoms with van der Waals surface area (Å²) in [7, 11) is 0. The van der Waals surface area contributed by atoms with Gasteiger partial charge in [-0.15, -0.1) is 0 Å². The van der Waals surface area contributed by atoms with Gasteiger partial charge in [0.15, 0.2) is 0 Å². The molecule has 58 valence electrons. The Morgan fingerprint density at radius 2 is 2.27 bits per heavy atom. The van der Waals surface area contributed by atoms with Crippen molar-refractivity contribution < 1.29 is 9.18 Å². The number of pyridine rings is 1. The van der Waals surface area contributed by atoms with Crippen molar-refractivity contribution in [1.82, 2.24) is 4.98 Å². The molecule has 0 aliphatic rings. The topological polar surface area (TPSA) is 82.0 Å². The number of nitrogen functional groups attached to an aromatic ring is 1. The summed E-state index contributed by atoms with van der Waals surface area (Å²) < 4.78 is 12.5. The van der Waals surface area contributed by atoms with Crippen molar-refractivity contribution in [3.8, 4) is 0 Å². The first-order valence-corrected chi connectivity index (χ1v) is 2.82. The number of nitrogens with zero attached hydrogens (tertiary/aromatic N) is 1. The van der Waals surface area contributed by atoms with E-state index in [9.17, 15) is 9.18 Å². The molecule has 0 radical (unpaired) electrons. The van der Waals surface area contributed by atoms with Crippen LogP contribution < -0.4 is 11.5 Å². The first-order valence-electron chi connectivity index (χ1n) is 2.82. The highest BCUT2D eigenvalue weighted by Crippen LogP contribution is 2.11. The number of carbonyl (C=O) groups is 1. The number of primary amides is 1. The van der Waals surface area contributed by atoms with E-state index in [0.717, 1.165) is 6.20 Å². The smallest absolute Gasteiger partial charge is 0.251 e. The first-order chi connectivity index (χ1) is 5.13. The van der Waals surface area contributed by atoms with Crippen LogP contribution in [0.1, 0.15) is 10.4 Å². The number of aromatic nitrogens is 1. The highest BCUT2D eigenvalue weighted by Gasteiger charge is 2.09. The Hall–Kier alpha value is -1.65. The number of hydrogen-bond acceptors (Lipinski definition) is 3. The normalized spacial score (nSPS) is 9.55. The van der Waals surface area contributed by atoms with Gasteiger partial charge in [0.25, 0.3) is 5.91 Å². The molecule has 0 fully saturated rings. The molecular weight excluding hydrogens is 149 g/mol. The van der Waals surface area contributed by atoms with Crippen LogP contribution in [0.5, 0.6) is 0 Å². The average Bonchev–Trinajstić information content (AvgIpc) is 1.94. The van der Waals surface area contributed by atoms with Crippen molar-refractivity contribution in [3.63, 3.8) is 0 Å². The molecule has 4 nitrogen and oxygen atoms in total. The quantitative estimate of drug-likeness (QED) is 0.555. The van der Waals surface area contributed by atoms with E-state index >= 15 is 0 Å². The highest BCUT2D eigenvalue weighted by atomic mass is 19.1. The molecule has 1 aromatic heterocycles. The van der Waals surface area contributed by atoms with Crippen LogP contribution in [0.2, 0.25) is 0 Å². The fourth-order valence-corrected chi connectivity index (χ4v) is 0.663. The van der Waals surface area contributed by atoms with Crippen molar-refractivity contribution in [3.05, 3.63) is 23.8 Å². The maximum atomic E-state index is 12.5. The minimum absolute atomic E-state index is 0.0440. The Kier molecular flexibility index (Phi) is 1.72. The molecule has 0 spiro atoms. The summed E-state index contributed by atoms with van der Waals surface area (Å²) in [6, 6.07) is 1.26. The van der Waals surface area contributed by atoms with Crippen LogP contribution in [0.4, 0.5) is 10.1 Å². The Balaban J connectivity index is 3.27. The van der Waals surface area contributed by atoms with Gasteiger partial charge < -0.3 is 11.5 Å². The lowest BCUT2D eigenvalue weighted by atomic mass is 10.2. The van der Waals surface area contributed by atoms with Crippen molar-refractivity contribution in [2.45, 2.75) is 0 Å². The Labute approximate surface area is 62.0 Å². The largest absolute Gasteiger partial charge is 0.394 e. The second-order valence-corrected chi connectivity index (χ2v) is 1.93. The summed E-state index contributed by atoms with van der Waals surface area (Å²) in [6.45, 7) is 0. The summed E-state index contributed by atoms with van der Waals surface area (Å²) in [5, 5.41) is 0. The van der Waals surface area contributed by atoms with Crippen LogP contribution in [0, 0.1) is 5.95 Å². The zero-order valence-corrected chi connectivity index (χ0v) is 5.54. The lowest BCUT2D eigenvalue weighted by Crippen LogP contribution is -2.14. The third-order valence-electron chi connectivity index (χ3n) is 1.21. The van der Waals surface area contributed by atoms with Crippen molar-refractivity contribution >= 4 is 11.6 Å². The van der Waals surface area contributed by atoms with Gasteiger partial charge >= 0.3 is 0 Å². The lowest BCUT2D eigenvalue weighted by Gasteiger charge is -1.99. The first kappa shape index (κ1) is 7.46. The molecule has 1 rings (SSSR count). The molecule has 0 aliphatic heterocycles. The summed E-state index contributed by atoms with van der Waals surface area (Å²) in [6.07, 6.45) is 1.13. The van der Waals surface area contributed by atoms with Gasteiger partial charge in [0.1, 0.15) is 5.69 Å². The Morgan fingerprint density at radius 1 is 1.64 bits per heavy atom. The second-order valence-electron chi connectivity index (χ2n) is 1.93. The molecule has 0 saturated heterocycles. The molecule has 1 heterocycles. The highest BCUT2D eigenvalue weighted by molar-refractivity contribution is 5.97. The van der Waals surface area contributed by atoms with Gasteiger partial charge in [-0.2, -0.15) is 4.39 Å². The predicted octanol–water partition coefficient (Wildman–Crippen LogP) is -0.0982. The van der Waals surface area contributed by atoms with E-state index < -0.39 is 11.9 Å². The number of halogens is 1. The summed E-state index contributed by atoms with van der Waals surface area (Å²) in [4.78, 5) is 13.7. The zero-order valence-electron chi connectivity index (χ0n) is 5.54. The van der Waals surface area contributed by atoms with Crippen molar-refractivity contribution in [1.29, 1.82) is 0 Å². The third kappa shape index (κ3) is 1.26. The van der Waals surface area contributed by atoms with Gasteiger partial charge in [-0.05, 0) is 6.07 Å². The van der Waals surface area contributed by atoms with Gasteiger partial charge in [-0.1, -0.05) is 0 Å². The molecule has 0 saturated carbocycles. The van der Waals surface area contributed by atoms with E-state index in [1.807, 2.05) is 0 Å². The fourth-order valence-electron chi connectivity index (χ4n) is 0.663. The third-order valence-corrected chi connectivity index (χ3v) is 1.21. The van der Waals surface area contributed by atoms with Gasteiger partial charge in [0.05, 0.1) is 5.56 Å². The molecule has 0 aliphatic carbocycles. The molecule has 11 heavy (non-hydrogen) atoms. The molecule has 1 aromatic rings. The Morgan fingerprint density at radius 3 is 2.73 bits per heavy atom. The minimum atomic E-state index is -0.874. The van der Waals surface area contributed by atoms with Gasteiger partial charge in [0, 0.05) is 6.20 Å². The van der Waals surface area contributed by atoms with Crippen LogP contribution in [0.25, 0.3) is 0 Å². The van der Waals surface area contributed by atoms with E-state index in [0.29, 0.717) is 0 Å². The number of rotatable bonds is 1. The van der Waals surface area contributed by atoms with E-state index in [4.69, 9.17) is 11.5 Å². The maximum absolute atomic E-state index is 12.5. The monoisotopic (exact) mass is 155 g/mol. The van der Waals surface area contributed by atoms with E-state index in [1.165, 1.54) is 6.07 Å². The van der Waals surface area contributed by atoms with Crippen LogP contribution in [-0.2, 0) is 0 Å². The maximum Gasteiger partial charge on any atom is 0.251 e. The summed E-state index contributed by atoms with van der Waals surface area (Å²) in [5.74, 6) is -1.63. The molecule has 4 N–H and O–H groups in total. The van der Waals surface area contributed by atoms with Crippen molar-refractivity contribution in [2.24, 2.45) is 5.73 Å². The molecule has 1 amide bonds. The molecule has 5 heteroatoms. The fraction of sp³-hybridized carbons (Fsp3) is 0. The van der Waals surface area contributed by atoms with E-state index in [-0.39, 0.29) is 11.3 Å². The number of anilines is 1. The molecule has 0 unspecified atom stereocenters. The van der Waals surface area contributed by atoms with Crippen LogP contribution in [0.15, 0.2) is 12.3 Å². The number of nitrogens with two attached hydrogens (primary N) is 2. The van der Waals surface area contributed by atoms with Crippen LogP contribution in [-0.4, -0.2) is 10.9 Å². The number of carbonyl (C=O) groups excluding carboxylic acids is 1. The van der Waals surface area contributed by atoms with E-state index in [1.54, 1.807) is 0 Å². The van der Waals surface area contributed by atoms with Gasteiger partial charge in [0.2, 0.25) is 5.95 Å². The zero-order chi connectivity index (χ0) is 8.43. The summed E-state index contributed by atoms with van der Waals surface area (Å²) in [5.41, 5.74) is 9.67. The van der Waals surface area contributed by atoms with Crippen LogP contribution in [0.3, 0.4) is 0 Å². The van der Waals surface area contributed by atoms with Gasteiger partial charge in [-0.25, -0.2) is 4.98 Å². The number of amides is 1. The van der Waals surface area contributed by atoms with Gasteiger partial charge in [-0.3, -0.25) is 4.79 Å². The van der Waals surface area contributed by atoms with Crippen molar-refractivity contribution in [2.75, 3.05) is 5.73 Å². The molecule has 0 bridgehead atoms. The van der Waals surface area contributed by atoms with E-state index in [2.05, 4.69) is 4.98 Å². The number of hydrogen-bond donors (Lipinski definition) is 2. The average molecular weight is 155 g/mol.